The van der Waals surface area contributed by atoms with E-state index in [1.165, 1.54) is 5.56 Å². The summed E-state index contributed by atoms with van der Waals surface area (Å²) in [6, 6.07) is 4.05. The molecule has 0 spiro atoms. The Morgan fingerprint density at radius 3 is 2.25 bits per heavy atom. The average Bonchev–Trinajstić information content (AvgIpc) is 3.24. The van der Waals surface area contributed by atoms with Crippen molar-refractivity contribution < 1.29 is 14.2 Å². The highest BCUT2D eigenvalue weighted by molar-refractivity contribution is 5.80. The zero-order valence-corrected chi connectivity index (χ0v) is 19.9. The Kier molecular flexibility index (Phi) is 8.61. The van der Waals surface area contributed by atoms with Crippen molar-refractivity contribution in [3.8, 4) is 17.2 Å². The Hall–Kier alpha value is -2.94. The largest absolute Gasteiger partial charge is 0.493 e. The molecule has 1 aromatic heterocycles. The molecule has 9 heteroatoms. The number of nitrogens with one attached hydrogen (secondary N) is 1. The van der Waals surface area contributed by atoms with Gasteiger partial charge in [-0.2, -0.15) is 5.10 Å². The summed E-state index contributed by atoms with van der Waals surface area (Å²) in [6.07, 6.45) is 6.07. The number of benzene rings is 1. The van der Waals surface area contributed by atoms with Gasteiger partial charge in [0.15, 0.2) is 17.5 Å². The van der Waals surface area contributed by atoms with Crippen LogP contribution >= 0.6 is 0 Å². The highest BCUT2D eigenvalue weighted by Gasteiger charge is 2.21. The summed E-state index contributed by atoms with van der Waals surface area (Å²) in [5.41, 5.74) is 2.41. The maximum absolute atomic E-state index is 5.49. The summed E-state index contributed by atoms with van der Waals surface area (Å²) in [7, 11) is 8.72. The molecular weight excluding hydrogens is 408 g/mol. The third-order valence-electron chi connectivity index (χ3n) is 5.70. The molecule has 2 aromatic rings. The molecule has 0 amide bonds. The lowest BCUT2D eigenvalue weighted by Crippen LogP contribution is -2.52. The number of hydrogen-bond donors (Lipinski definition) is 1. The Balaban J connectivity index is 1.47. The van der Waals surface area contributed by atoms with E-state index in [0.29, 0.717) is 17.2 Å². The summed E-state index contributed by atoms with van der Waals surface area (Å²) in [5, 5.41) is 7.73. The molecule has 0 atom stereocenters. The van der Waals surface area contributed by atoms with E-state index in [1.807, 2.05) is 37.1 Å². The second-order valence-corrected chi connectivity index (χ2v) is 7.90. The van der Waals surface area contributed by atoms with Crippen molar-refractivity contribution in [2.24, 2.45) is 12.0 Å². The summed E-state index contributed by atoms with van der Waals surface area (Å²) in [4.78, 5) is 9.25. The van der Waals surface area contributed by atoms with Gasteiger partial charge in [-0.3, -0.25) is 14.6 Å². The van der Waals surface area contributed by atoms with E-state index < -0.39 is 0 Å². The minimum atomic E-state index is 0.627. The zero-order valence-electron chi connectivity index (χ0n) is 19.9. The van der Waals surface area contributed by atoms with E-state index in [1.54, 1.807) is 21.3 Å². The van der Waals surface area contributed by atoms with Crippen molar-refractivity contribution in [1.29, 1.82) is 0 Å². The van der Waals surface area contributed by atoms with Crippen LogP contribution in [-0.2, 0) is 20.0 Å². The first-order valence-corrected chi connectivity index (χ1v) is 11.0. The molecule has 1 aliphatic rings. The lowest BCUT2D eigenvalue weighted by molar-refractivity contribution is 0.172. The van der Waals surface area contributed by atoms with E-state index in [-0.39, 0.29) is 0 Å². The van der Waals surface area contributed by atoms with Crippen LogP contribution in [0, 0.1) is 0 Å². The average molecular weight is 445 g/mol. The number of methoxy groups -OCH3 is 3. The number of piperazine rings is 1. The van der Waals surface area contributed by atoms with Crippen LogP contribution in [0.3, 0.4) is 0 Å². The standard InChI is InChI=1S/C23H36N6O3/c1-24-23(25-8-6-7-18-15-26-27(2)16-18)29-11-9-28(10-12-29)17-19-13-20(30-3)22(32-5)21(14-19)31-4/h13-16H,6-12,17H2,1-5H3,(H,24,25). The van der Waals surface area contributed by atoms with Crippen molar-refractivity contribution >= 4 is 5.96 Å². The number of guanidine groups is 1. The molecule has 9 nitrogen and oxygen atoms in total. The molecular formula is C23H36N6O3. The molecule has 176 valence electrons. The SMILES string of the molecule is CN=C(NCCCc1cnn(C)c1)N1CCN(Cc2cc(OC)c(OC)c(OC)c2)CC1. The molecule has 0 saturated carbocycles. The monoisotopic (exact) mass is 444 g/mol. The molecule has 0 bridgehead atoms. The van der Waals surface area contributed by atoms with Gasteiger partial charge in [-0.15, -0.1) is 0 Å². The number of aryl methyl sites for hydroxylation is 2. The molecule has 0 unspecified atom stereocenters. The first-order valence-electron chi connectivity index (χ1n) is 11.0. The lowest BCUT2D eigenvalue weighted by Gasteiger charge is -2.36. The van der Waals surface area contributed by atoms with E-state index in [0.717, 1.165) is 63.6 Å². The molecule has 0 aliphatic carbocycles. The summed E-state index contributed by atoms with van der Waals surface area (Å²) < 4.78 is 18.2. The van der Waals surface area contributed by atoms with Crippen molar-refractivity contribution in [1.82, 2.24) is 24.9 Å². The molecule has 1 saturated heterocycles. The molecule has 32 heavy (non-hydrogen) atoms. The van der Waals surface area contributed by atoms with Gasteiger partial charge >= 0.3 is 0 Å². The Labute approximate surface area is 191 Å². The summed E-state index contributed by atoms with van der Waals surface area (Å²) >= 11 is 0. The fourth-order valence-electron chi connectivity index (χ4n) is 4.03. The highest BCUT2D eigenvalue weighted by Crippen LogP contribution is 2.38. The van der Waals surface area contributed by atoms with Crippen LogP contribution in [0.2, 0.25) is 0 Å². The molecule has 3 rings (SSSR count). The predicted molar refractivity (Wildman–Crippen MR) is 126 cm³/mol. The third-order valence-corrected chi connectivity index (χ3v) is 5.70. The molecule has 1 aromatic carbocycles. The molecule has 1 fully saturated rings. The van der Waals surface area contributed by atoms with Crippen LogP contribution in [0.25, 0.3) is 0 Å². The van der Waals surface area contributed by atoms with Gasteiger partial charge in [0.2, 0.25) is 5.75 Å². The van der Waals surface area contributed by atoms with Gasteiger partial charge in [-0.25, -0.2) is 0 Å². The maximum Gasteiger partial charge on any atom is 0.203 e. The Morgan fingerprint density at radius 2 is 1.72 bits per heavy atom. The fourth-order valence-corrected chi connectivity index (χ4v) is 4.03. The van der Waals surface area contributed by atoms with Crippen molar-refractivity contribution in [3.05, 3.63) is 35.7 Å². The quantitative estimate of drug-likeness (QED) is 0.359. The van der Waals surface area contributed by atoms with E-state index in [4.69, 9.17) is 14.2 Å². The first-order chi connectivity index (χ1) is 15.6. The van der Waals surface area contributed by atoms with Gasteiger partial charge in [0.25, 0.3) is 0 Å². The summed E-state index contributed by atoms with van der Waals surface area (Å²) in [5.74, 6) is 2.98. The topological polar surface area (TPSA) is 76.4 Å². The van der Waals surface area contributed by atoms with Gasteiger partial charge in [0.1, 0.15) is 0 Å². The second kappa shape index (κ2) is 11.6. The van der Waals surface area contributed by atoms with Gasteiger partial charge in [0, 0.05) is 59.6 Å². The number of ether oxygens (including phenoxy) is 3. The van der Waals surface area contributed by atoms with Gasteiger partial charge in [0.05, 0.1) is 27.5 Å². The smallest absolute Gasteiger partial charge is 0.203 e. The molecule has 1 N–H and O–H groups in total. The maximum atomic E-state index is 5.49. The second-order valence-electron chi connectivity index (χ2n) is 7.90. The minimum absolute atomic E-state index is 0.627. The van der Waals surface area contributed by atoms with Gasteiger partial charge in [-0.05, 0) is 36.1 Å². The Morgan fingerprint density at radius 1 is 1.03 bits per heavy atom. The molecule has 0 radical (unpaired) electrons. The molecule has 1 aliphatic heterocycles. The number of aromatic nitrogens is 2. The lowest BCUT2D eigenvalue weighted by atomic mass is 10.1. The highest BCUT2D eigenvalue weighted by atomic mass is 16.5. The third kappa shape index (κ3) is 6.06. The molecule has 2 heterocycles. The van der Waals surface area contributed by atoms with Crippen LogP contribution in [0.4, 0.5) is 0 Å². The van der Waals surface area contributed by atoms with Crippen LogP contribution in [0.1, 0.15) is 17.5 Å². The van der Waals surface area contributed by atoms with Crippen LogP contribution in [-0.4, -0.2) is 86.6 Å². The van der Waals surface area contributed by atoms with Crippen molar-refractivity contribution in [2.75, 3.05) is 61.1 Å². The van der Waals surface area contributed by atoms with E-state index in [9.17, 15) is 0 Å². The number of hydrogen-bond acceptors (Lipinski definition) is 6. The van der Waals surface area contributed by atoms with Gasteiger partial charge < -0.3 is 24.4 Å². The number of nitrogens with zero attached hydrogens (tertiary/aromatic N) is 5. The Bertz CT molecular complexity index is 865. The summed E-state index contributed by atoms with van der Waals surface area (Å²) in [6.45, 7) is 5.54. The predicted octanol–water partition coefficient (Wildman–Crippen LogP) is 1.77. The van der Waals surface area contributed by atoms with Crippen molar-refractivity contribution in [3.63, 3.8) is 0 Å². The van der Waals surface area contributed by atoms with Crippen molar-refractivity contribution in [2.45, 2.75) is 19.4 Å². The van der Waals surface area contributed by atoms with Crippen LogP contribution < -0.4 is 19.5 Å². The van der Waals surface area contributed by atoms with Gasteiger partial charge in [-0.1, -0.05) is 0 Å². The fraction of sp³-hybridized carbons (Fsp3) is 0.565. The minimum Gasteiger partial charge on any atom is -0.493 e. The van der Waals surface area contributed by atoms with Crippen LogP contribution in [0.5, 0.6) is 17.2 Å². The van der Waals surface area contributed by atoms with E-state index in [2.05, 4.69) is 31.4 Å². The zero-order chi connectivity index (χ0) is 22.9. The van der Waals surface area contributed by atoms with Crippen LogP contribution in [0.15, 0.2) is 29.5 Å². The van der Waals surface area contributed by atoms with E-state index >= 15 is 0 Å². The number of aliphatic imine (C=N–C) groups is 1. The normalized spacial score (nSPS) is 15.0. The first kappa shape index (κ1) is 23.7. The number of rotatable bonds is 9.